The molecule has 0 bridgehead atoms. The van der Waals surface area contributed by atoms with Crippen LogP contribution in [-0.2, 0) is 0 Å². The van der Waals surface area contributed by atoms with E-state index in [9.17, 15) is 0 Å². The van der Waals surface area contributed by atoms with Crippen molar-refractivity contribution in [3.63, 3.8) is 0 Å². The van der Waals surface area contributed by atoms with Crippen molar-refractivity contribution in [2.24, 2.45) is 4.99 Å². The van der Waals surface area contributed by atoms with Gasteiger partial charge in [-0.05, 0) is 47.5 Å². The topological polar surface area (TPSA) is 67.6 Å². The second-order valence-corrected chi connectivity index (χ2v) is 14.7. The lowest BCUT2D eigenvalue weighted by Gasteiger charge is -2.32. The molecule has 3 aromatic heterocycles. The molecule has 0 saturated heterocycles. The fourth-order valence-electron chi connectivity index (χ4n) is 8.88. The van der Waals surface area contributed by atoms with E-state index in [1.54, 1.807) is 0 Å². The van der Waals surface area contributed by atoms with Crippen LogP contribution in [0.25, 0.3) is 82.5 Å². The highest BCUT2D eigenvalue weighted by Crippen LogP contribution is 2.43. The zero-order valence-corrected chi connectivity index (χ0v) is 30.7. The number of nitrogens with one attached hydrogen (secondary N) is 2. The number of amidine groups is 1. The highest BCUT2D eigenvalue weighted by Gasteiger charge is 2.28. The molecule has 8 aromatic carbocycles. The highest BCUT2D eigenvalue weighted by atomic mass is 16.3. The summed E-state index contributed by atoms with van der Waals surface area (Å²) < 4.78 is 16.1. The lowest BCUT2D eigenvalue weighted by molar-refractivity contribution is 0.409. The molecule has 0 radical (unpaired) electrons. The van der Waals surface area contributed by atoms with Crippen LogP contribution in [0.4, 0.5) is 0 Å². The van der Waals surface area contributed by atoms with Crippen molar-refractivity contribution >= 4 is 71.5 Å². The second kappa shape index (κ2) is 12.6. The average molecular weight is 735 g/mol. The molecule has 0 fully saturated rings. The smallest absolute Gasteiger partial charge is 0.146 e. The first-order chi connectivity index (χ1) is 28.3. The van der Waals surface area contributed by atoms with Gasteiger partial charge in [-0.15, -0.1) is 0 Å². The fraction of sp³-hybridized carbons (Fsp3) is 0.0392. The Morgan fingerprint density at radius 1 is 0.439 bits per heavy atom. The summed E-state index contributed by atoms with van der Waals surface area (Å²) >= 11 is 0. The lowest BCUT2D eigenvalue weighted by atomic mass is 9.99. The van der Waals surface area contributed by atoms with Gasteiger partial charge in [-0.3, -0.25) is 5.32 Å². The Morgan fingerprint density at radius 3 is 1.63 bits per heavy atom. The van der Waals surface area contributed by atoms with E-state index in [0.717, 1.165) is 83.2 Å². The van der Waals surface area contributed by atoms with Gasteiger partial charge in [-0.1, -0.05) is 146 Å². The molecule has 6 nitrogen and oxygen atoms in total. The molecular weight excluding hydrogens is 701 g/mol. The molecule has 0 spiro atoms. The van der Waals surface area contributed by atoms with Crippen LogP contribution in [0, 0.1) is 0 Å². The van der Waals surface area contributed by atoms with Gasteiger partial charge in [0.2, 0.25) is 0 Å². The van der Waals surface area contributed by atoms with Gasteiger partial charge in [0.25, 0.3) is 0 Å². The molecule has 12 rings (SSSR count). The van der Waals surface area contributed by atoms with Gasteiger partial charge >= 0.3 is 0 Å². The number of hydrogen-bond acceptors (Lipinski definition) is 5. The van der Waals surface area contributed by atoms with Crippen molar-refractivity contribution < 1.29 is 8.83 Å². The van der Waals surface area contributed by atoms with Crippen LogP contribution in [0.5, 0.6) is 0 Å². The lowest BCUT2D eigenvalue weighted by Crippen LogP contribution is -2.45. The minimum absolute atomic E-state index is 0.153. The maximum atomic E-state index is 6.99. The van der Waals surface area contributed by atoms with Crippen molar-refractivity contribution in [3.8, 4) is 16.8 Å². The molecule has 0 amide bonds. The molecule has 2 atom stereocenters. The van der Waals surface area contributed by atoms with Crippen LogP contribution in [0.3, 0.4) is 0 Å². The Labute approximate surface area is 327 Å². The van der Waals surface area contributed by atoms with Crippen LogP contribution in [0.15, 0.2) is 196 Å². The molecular formula is C51H34N4O2. The standard InChI is InChI=1S/C51H34N4O2/c1-3-14-31(15-4-1)49-52-50(32-16-5-2-6-17-32)54-51(53-49)41-25-13-23-39-38-22-11-21-37(47(38)57-48(39)41)36-20-12-24-40-42-30-33(28-29-45(42)56-46(36)40)55-43-26-9-7-18-34(43)35-19-8-10-27-44(35)55/h1-30,49-50,52H,(H,53,54). The molecule has 6 heteroatoms. The zero-order valence-electron chi connectivity index (χ0n) is 30.7. The molecule has 270 valence electrons. The van der Waals surface area contributed by atoms with E-state index in [-0.39, 0.29) is 12.3 Å². The van der Waals surface area contributed by atoms with Gasteiger partial charge in [0.15, 0.2) is 0 Å². The Morgan fingerprint density at radius 2 is 0.965 bits per heavy atom. The average Bonchev–Trinajstić information content (AvgIpc) is 3.96. The summed E-state index contributed by atoms with van der Waals surface area (Å²) in [5, 5.41) is 14.1. The maximum absolute atomic E-state index is 6.99. The molecule has 1 aliphatic rings. The van der Waals surface area contributed by atoms with E-state index in [2.05, 4.69) is 185 Å². The number of rotatable bonds is 5. The molecule has 0 saturated carbocycles. The summed E-state index contributed by atoms with van der Waals surface area (Å²) in [6.45, 7) is 0. The molecule has 4 heterocycles. The van der Waals surface area contributed by atoms with Gasteiger partial charge < -0.3 is 18.7 Å². The number of fused-ring (bicyclic) bond motifs is 9. The first-order valence-electron chi connectivity index (χ1n) is 19.4. The van der Waals surface area contributed by atoms with Gasteiger partial charge in [-0.2, -0.15) is 0 Å². The summed E-state index contributed by atoms with van der Waals surface area (Å²) in [7, 11) is 0. The van der Waals surface area contributed by atoms with E-state index < -0.39 is 0 Å². The molecule has 0 aliphatic carbocycles. The molecule has 57 heavy (non-hydrogen) atoms. The Bertz CT molecular complexity index is 3320. The Kier molecular flexibility index (Phi) is 7.03. The third-order valence-electron chi connectivity index (χ3n) is 11.5. The number of aromatic nitrogens is 1. The summed E-state index contributed by atoms with van der Waals surface area (Å²) in [6, 6.07) is 63.7. The SMILES string of the molecule is c1ccc(C2N=C(c3cccc4c3oc3c(-c5cccc6c5oc5ccc(-n7c8ccccc8c8ccccc87)cc56)cccc34)NC(c3ccccc3)N2)cc1. The normalized spacial score (nSPS) is 15.9. The van der Waals surface area contributed by atoms with E-state index in [1.807, 2.05) is 12.1 Å². The summed E-state index contributed by atoms with van der Waals surface area (Å²) in [5.74, 6) is 0.779. The van der Waals surface area contributed by atoms with Crippen molar-refractivity contribution in [1.82, 2.24) is 15.2 Å². The van der Waals surface area contributed by atoms with Crippen molar-refractivity contribution in [2.75, 3.05) is 0 Å². The molecule has 11 aromatic rings. The highest BCUT2D eigenvalue weighted by molar-refractivity contribution is 6.19. The quantitative estimate of drug-likeness (QED) is 0.185. The van der Waals surface area contributed by atoms with Gasteiger partial charge in [-0.25, -0.2) is 4.99 Å². The summed E-state index contributed by atoms with van der Waals surface area (Å²) in [6.07, 6.45) is -0.399. The summed E-state index contributed by atoms with van der Waals surface area (Å²) in [5.41, 5.74) is 11.8. The predicted octanol–water partition coefficient (Wildman–Crippen LogP) is 12.6. The number of aliphatic imine (C=N–C) groups is 1. The Balaban J connectivity index is 1.01. The van der Waals surface area contributed by atoms with Crippen LogP contribution in [0.1, 0.15) is 29.0 Å². The number of benzene rings is 8. The van der Waals surface area contributed by atoms with Crippen LogP contribution < -0.4 is 10.6 Å². The first kappa shape index (κ1) is 31.9. The van der Waals surface area contributed by atoms with Crippen LogP contribution in [-0.4, -0.2) is 10.4 Å². The van der Waals surface area contributed by atoms with Crippen LogP contribution >= 0.6 is 0 Å². The molecule has 2 unspecified atom stereocenters. The second-order valence-electron chi connectivity index (χ2n) is 14.7. The number of hydrogen-bond donors (Lipinski definition) is 2. The van der Waals surface area contributed by atoms with E-state index >= 15 is 0 Å². The predicted molar refractivity (Wildman–Crippen MR) is 232 cm³/mol. The fourth-order valence-corrected chi connectivity index (χ4v) is 8.88. The van der Waals surface area contributed by atoms with Gasteiger partial charge in [0.1, 0.15) is 40.5 Å². The first-order valence-corrected chi connectivity index (χ1v) is 19.4. The zero-order chi connectivity index (χ0) is 37.5. The van der Waals surface area contributed by atoms with Crippen molar-refractivity contribution in [2.45, 2.75) is 12.3 Å². The minimum atomic E-state index is -0.246. The molecule has 1 aliphatic heterocycles. The minimum Gasteiger partial charge on any atom is -0.455 e. The molecule has 2 N–H and O–H groups in total. The number of para-hydroxylation sites is 5. The third kappa shape index (κ3) is 4.98. The largest absolute Gasteiger partial charge is 0.455 e. The maximum Gasteiger partial charge on any atom is 0.146 e. The van der Waals surface area contributed by atoms with E-state index in [0.29, 0.717) is 0 Å². The van der Waals surface area contributed by atoms with Crippen molar-refractivity contribution in [3.05, 3.63) is 199 Å². The van der Waals surface area contributed by atoms with Gasteiger partial charge in [0.05, 0.1) is 16.6 Å². The van der Waals surface area contributed by atoms with E-state index in [4.69, 9.17) is 13.8 Å². The Hall–Kier alpha value is -7.41. The number of furan rings is 2. The van der Waals surface area contributed by atoms with Crippen molar-refractivity contribution in [1.29, 1.82) is 0 Å². The van der Waals surface area contributed by atoms with E-state index in [1.165, 1.54) is 21.8 Å². The monoisotopic (exact) mass is 734 g/mol. The summed E-state index contributed by atoms with van der Waals surface area (Å²) in [4.78, 5) is 5.24. The van der Waals surface area contributed by atoms with Gasteiger partial charge in [0, 0.05) is 49.1 Å². The third-order valence-corrected chi connectivity index (χ3v) is 11.5. The van der Waals surface area contributed by atoms with Crippen LogP contribution in [0.2, 0.25) is 0 Å². The number of nitrogens with zero attached hydrogens (tertiary/aromatic N) is 2.